The first-order chi connectivity index (χ1) is 8.16. The number of pyridine rings is 2. The van der Waals surface area contributed by atoms with Crippen LogP contribution in [0.2, 0.25) is 10.2 Å². The van der Waals surface area contributed by atoms with Crippen molar-refractivity contribution in [1.82, 2.24) is 9.97 Å². The van der Waals surface area contributed by atoms with Gasteiger partial charge in [0.25, 0.3) is 5.91 Å². The molecule has 0 fully saturated rings. The fraction of sp³-hybridized carbons (Fsp3) is 0. The van der Waals surface area contributed by atoms with E-state index >= 15 is 0 Å². The molecular formula is C11H7Cl2N3O. The van der Waals surface area contributed by atoms with E-state index in [1.54, 1.807) is 18.2 Å². The van der Waals surface area contributed by atoms with E-state index < -0.39 is 0 Å². The van der Waals surface area contributed by atoms with Crippen molar-refractivity contribution in [3.63, 3.8) is 0 Å². The van der Waals surface area contributed by atoms with Crippen LogP contribution in [0.4, 0.5) is 5.69 Å². The van der Waals surface area contributed by atoms with Crippen LogP contribution in [0.5, 0.6) is 0 Å². The van der Waals surface area contributed by atoms with Gasteiger partial charge in [0.2, 0.25) is 0 Å². The normalized spacial score (nSPS) is 10.0. The number of carbonyl (C=O) groups excluding carboxylic acids is 1. The number of aromatic nitrogens is 2. The summed E-state index contributed by atoms with van der Waals surface area (Å²) >= 11 is 11.6. The number of rotatable bonds is 2. The van der Waals surface area contributed by atoms with Crippen LogP contribution >= 0.6 is 23.2 Å². The van der Waals surface area contributed by atoms with E-state index in [2.05, 4.69) is 15.3 Å². The average Bonchev–Trinajstić information content (AvgIpc) is 2.29. The fourth-order valence-electron chi connectivity index (χ4n) is 1.24. The second-order valence-electron chi connectivity index (χ2n) is 3.18. The predicted molar refractivity (Wildman–Crippen MR) is 66.4 cm³/mol. The third kappa shape index (κ3) is 2.93. The quantitative estimate of drug-likeness (QED) is 0.851. The number of nitrogens with zero attached hydrogens (tertiary/aromatic N) is 2. The first kappa shape index (κ1) is 11.8. The maximum atomic E-state index is 11.9. The highest BCUT2D eigenvalue weighted by Crippen LogP contribution is 2.17. The zero-order chi connectivity index (χ0) is 12.3. The van der Waals surface area contributed by atoms with Crippen LogP contribution < -0.4 is 5.32 Å². The van der Waals surface area contributed by atoms with Crippen molar-refractivity contribution in [3.05, 3.63) is 52.5 Å². The Hall–Kier alpha value is -1.65. The van der Waals surface area contributed by atoms with Crippen LogP contribution in [0, 0.1) is 0 Å². The lowest BCUT2D eigenvalue weighted by Gasteiger charge is -2.06. The summed E-state index contributed by atoms with van der Waals surface area (Å²) < 4.78 is 0. The number of carbonyl (C=O) groups is 1. The zero-order valence-electron chi connectivity index (χ0n) is 8.52. The topological polar surface area (TPSA) is 54.9 Å². The summed E-state index contributed by atoms with van der Waals surface area (Å²) in [6.45, 7) is 0. The predicted octanol–water partition coefficient (Wildman–Crippen LogP) is 3.04. The van der Waals surface area contributed by atoms with Gasteiger partial charge in [-0.15, -0.1) is 0 Å². The molecule has 0 aliphatic rings. The van der Waals surface area contributed by atoms with E-state index in [9.17, 15) is 4.79 Å². The number of amides is 1. The Morgan fingerprint density at radius 2 is 2.06 bits per heavy atom. The van der Waals surface area contributed by atoms with Crippen LogP contribution in [0.1, 0.15) is 10.4 Å². The van der Waals surface area contributed by atoms with Crippen molar-refractivity contribution in [2.24, 2.45) is 0 Å². The van der Waals surface area contributed by atoms with Gasteiger partial charge >= 0.3 is 0 Å². The van der Waals surface area contributed by atoms with Crippen LogP contribution in [-0.4, -0.2) is 15.9 Å². The SMILES string of the molecule is O=C(Nc1ccnc(Cl)c1)c1ccncc1Cl. The number of hydrogen-bond donors (Lipinski definition) is 1. The van der Waals surface area contributed by atoms with E-state index in [4.69, 9.17) is 23.2 Å². The van der Waals surface area contributed by atoms with Crippen LogP contribution in [0.3, 0.4) is 0 Å². The molecule has 1 amide bonds. The van der Waals surface area contributed by atoms with Gasteiger partial charge in [0.1, 0.15) is 5.15 Å². The summed E-state index contributed by atoms with van der Waals surface area (Å²) in [4.78, 5) is 19.5. The smallest absolute Gasteiger partial charge is 0.257 e. The van der Waals surface area contributed by atoms with Crippen LogP contribution in [0.25, 0.3) is 0 Å². The van der Waals surface area contributed by atoms with Gasteiger partial charge in [-0.2, -0.15) is 0 Å². The van der Waals surface area contributed by atoms with Gasteiger partial charge in [-0.1, -0.05) is 23.2 Å². The van der Waals surface area contributed by atoms with Crippen LogP contribution in [-0.2, 0) is 0 Å². The van der Waals surface area contributed by atoms with Gasteiger partial charge in [0.05, 0.1) is 10.6 Å². The van der Waals surface area contributed by atoms with Crippen molar-refractivity contribution < 1.29 is 4.79 Å². The summed E-state index contributed by atoms with van der Waals surface area (Å²) in [7, 11) is 0. The van der Waals surface area contributed by atoms with Crippen molar-refractivity contribution in [2.75, 3.05) is 5.32 Å². The molecule has 17 heavy (non-hydrogen) atoms. The van der Waals surface area contributed by atoms with Crippen molar-refractivity contribution in [1.29, 1.82) is 0 Å². The molecule has 0 unspecified atom stereocenters. The van der Waals surface area contributed by atoms with E-state index in [0.717, 1.165) is 0 Å². The molecule has 0 aliphatic carbocycles. The van der Waals surface area contributed by atoms with Gasteiger partial charge in [0.15, 0.2) is 0 Å². The molecular weight excluding hydrogens is 261 g/mol. The third-order valence-electron chi connectivity index (χ3n) is 2.00. The summed E-state index contributed by atoms with van der Waals surface area (Å²) in [6.07, 6.45) is 4.42. The number of halogens is 2. The average molecular weight is 268 g/mol. The number of nitrogens with one attached hydrogen (secondary N) is 1. The molecule has 2 aromatic rings. The summed E-state index contributed by atoms with van der Waals surface area (Å²) in [5.41, 5.74) is 0.914. The van der Waals surface area contributed by atoms with E-state index in [0.29, 0.717) is 21.4 Å². The minimum atomic E-state index is -0.320. The minimum Gasteiger partial charge on any atom is -0.322 e. The van der Waals surface area contributed by atoms with Crippen molar-refractivity contribution >= 4 is 34.8 Å². The Balaban J connectivity index is 2.20. The number of hydrogen-bond acceptors (Lipinski definition) is 3. The Kier molecular flexibility index (Phi) is 3.56. The van der Waals surface area contributed by atoms with Crippen LogP contribution in [0.15, 0.2) is 36.8 Å². The molecule has 0 saturated heterocycles. The first-order valence-corrected chi connectivity index (χ1v) is 5.45. The summed E-state index contributed by atoms with van der Waals surface area (Å²) in [5, 5.41) is 3.27. The molecule has 0 saturated carbocycles. The lowest BCUT2D eigenvalue weighted by atomic mass is 10.2. The molecule has 86 valence electrons. The molecule has 0 spiro atoms. The Labute approximate surface area is 108 Å². The third-order valence-corrected chi connectivity index (χ3v) is 2.51. The highest BCUT2D eigenvalue weighted by molar-refractivity contribution is 6.34. The van der Waals surface area contributed by atoms with Gasteiger partial charge in [-0.25, -0.2) is 4.98 Å². The molecule has 2 rings (SSSR count). The molecule has 0 bridgehead atoms. The Morgan fingerprint density at radius 1 is 1.24 bits per heavy atom. The van der Waals surface area contributed by atoms with E-state index in [1.165, 1.54) is 18.6 Å². The van der Waals surface area contributed by atoms with Crippen molar-refractivity contribution in [2.45, 2.75) is 0 Å². The van der Waals surface area contributed by atoms with Gasteiger partial charge in [-0.3, -0.25) is 9.78 Å². The molecule has 2 heterocycles. The van der Waals surface area contributed by atoms with Crippen molar-refractivity contribution in [3.8, 4) is 0 Å². The molecule has 6 heteroatoms. The Bertz CT molecular complexity index is 560. The molecule has 0 aromatic carbocycles. The molecule has 0 radical (unpaired) electrons. The maximum Gasteiger partial charge on any atom is 0.257 e. The summed E-state index contributed by atoms with van der Waals surface area (Å²) in [6, 6.07) is 4.73. The second kappa shape index (κ2) is 5.12. The highest BCUT2D eigenvalue weighted by atomic mass is 35.5. The zero-order valence-corrected chi connectivity index (χ0v) is 10.0. The lowest BCUT2D eigenvalue weighted by Crippen LogP contribution is -2.12. The fourth-order valence-corrected chi connectivity index (χ4v) is 1.62. The van der Waals surface area contributed by atoms with Gasteiger partial charge in [0, 0.05) is 24.3 Å². The second-order valence-corrected chi connectivity index (χ2v) is 3.97. The first-order valence-electron chi connectivity index (χ1n) is 4.69. The molecule has 0 aliphatic heterocycles. The molecule has 2 aromatic heterocycles. The lowest BCUT2D eigenvalue weighted by molar-refractivity contribution is 0.102. The van der Waals surface area contributed by atoms with Gasteiger partial charge in [-0.05, 0) is 18.2 Å². The Morgan fingerprint density at radius 3 is 2.76 bits per heavy atom. The van der Waals surface area contributed by atoms with E-state index in [-0.39, 0.29) is 5.91 Å². The minimum absolute atomic E-state index is 0.296. The maximum absolute atomic E-state index is 11.9. The standard InChI is InChI=1S/C11H7Cl2N3O/c12-9-6-14-3-2-8(9)11(17)16-7-1-4-15-10(13)5-7/h1-6H,(H,15,16,17). The van der Waals surface area contributed by atoms with Gasteiger partial charge < -0.3 is 5.32 Å². The molecule has 0 atom stereocenters. The summed E-state index contributed by atoms with van der Waals surface area (Å²) in [5.74, 6) is -0.320. The van der Waals surface area contributed by atoms with E-state index in [1.807, 2.05) is 0 Å². The number of anilines is 1. The largest absolute Gasteiger partial charge is 0.322 e. The highest BCUT2D eigenvalue weighted by Gasteiger charge is 2.10. The monoisotopic (exact) mass is 267 g/mol. The molecule has 4 nitrogen and oxygen atoms in total. The molecule has 1 N–H and O–H groups in total.